The molecule has 1 aliphatic rings. The van der Waals surface area contributed by atoms with E-state index < -0.39 is 12.5 Å². The summed E-state index contributed by atoms with van der Waals surface area (Å²) in [4.78, 5) is 28.8. The molecule has 1 amide bonds. The molecule has 3 aromatic rings. The van der Waals surface area contributed by atoms with Crippen molar-refractivity contribution in [3.63, 3.8) is 0 Å². The molecule has 0 bridgehead atoms. The summed E-state index contributed by atoms with van der Waals surface area (Å²) in [5, 5.41) is 7.31. The Kier molecular flexibility index (Phi) is 5.01. The topological polar surface area (TPSA) is 94.7 Å². The number of aromatic nitrogens is 5. The van der Waals surface area contributed by atoms with Crippen LogP contribution in [0.25, 0.3) is 17.1 Å². The number of carbonyl (C=O) groups excluding carboxylic acids is 2. The van der Waals surface area contributed by atoms with Crippen LogP contribution in [-0.2, 0) is 11.3 Å². The number of pyridine rings is 1. The van der Waals surface area contributed by atoms with Crippen LogP contribution in [0, 0.1) is 0 Å². The molecule has 11 heteroatoms. The van der Waals surface area contributed by atoms with Crippen LogP contribution >= 0.6 is 0 Å². The molecule has 0 spiro atoms. The Morgan fingerprint density at radius 3 is 2.63 bits per heavy atom. The number of alkyl halides is 3. The number of nitrogens with zero attached hydrogens (tertiary/aromatic N) is 5. The van der Waals surface area contributed by atoms with E-state index in [9.17, 15) is 18.0 Å². The van der Waals surface area contributed by atoms with Gasteiger partial charge in [-0.05, 0) is 18.2 Å². The molecule has 27 heavy (non-hydrogen) atoms. The molecule has 0 saturated heterocycles. The number of rotatable bonds is 2. The zero-order chi connectivity index (χ0) is 19.4. The minimum absolute atomic E-state index is 0.0797. The highest BCUT2D eigenvalue weighted by Gasteiger charge is 2.25. The maximum Gasteiger partial charge on any atom is 0.446 e. The number of amides is 1. The summed E-state index contributed by atoms with van der Waals surface area (Å²) in [6.45, 7) is 1.31. The van der Waals surface area contributed by atoms with E-state index >= 15 is 0 Å². The van der Waals surface area contributed by atoms with Crippen molar-refractivity contribution in [2.24, 2.45) is 0 Å². The van der Waals surface area contributed by atoms with Crippen molar-refractivity contribution in [3.05, 3.63) is 48.8 Å². The van der Waals surface area contributed by atoms with E-state index in [4.69, 9.17) is 4.79 Å². The molecule has 0 radical (unpaired) electrons. The molecule has 3 aromatic heterocycles. The SMILES string of the molecule is O=C1NCCn2nc(-c3ccnc(-n4ccnc4)c3)cc21.O=CC(F)(F)F. The second-order valence-electron chi connectivity index (χ2n) is 5.43. The molecule has 4 heterocycles. The number of imidazole rings is 1. The number of halogens is 3. The Bertz CT molecular complexity index is 949. The molecule has 4 rings (SSSR count). The molecule has 0 atom stereocenters. The Morgan fingerprint density at radius 2 is 2.00 bits per heavy atom. The summed E-state index contributed by atoms with van der Waals surface area (Å²) in [7, 11) is 0. The van der Waals surface area contributed by atoms with Crippen LogP contribution in [0.2, 0.25) is 0 Å². The zero-order valence-electron chi connectivity index (χ0n) is 13.7. The summed E-state index contributed by atoms with van der Waals surface area (Å²) >= 11 is 0. The lowest BCUT2D eigenvalue weighted by Crippen LogP contribution is -2.35. The summed E-state index contributed by atoms with van der Waals surface area (Å²) in [5.41, 5.74) is 2.28. The van der Waals surface area contributed by atoms with E-state index in [0.29, 0.717) is 18.8 Å². The van der Waals surface area contributed by atoms with Gasteiger partial charge >= 0.3 is 6.18 Å². The summed E-state index contributed by atoms with van der Waals surface area (Å²) in [6, 6.07) is 5.61. The third-order valence-corrected chi connectivity index (χ3v) is 3.57. The first-order valence-corrected chi connectivity index (χ1v) is 7.71. The average molecular weight is 378 g/mol. The third kappa shape index (κ3) is 4.37. The number of carbonyl (C=O) groups is 2. The summed E-state index contributed by atoms with van der Waals surface area (Å²) in [5.74, 6) is 0.685. The Balaban J connectivity index is 0.000000307. The van der Waals surface area contributed by atoms with E-state index in [0.717, 1.165) is 17.1 Å². The van der Waals surface area contributed by atoms with Crippen molar-refractivity contribution in [2.75, 3.05) is 6.54 Å². The van der Waals surface area contributed by atoms with Gasteiger partial charge in [0.05, 0.1) is 12.2 Å². The smallest absolute Gasteiger partial charge is 0.349 e. The van der Waals surface area contributed by atoms with Crippen molar-refractivity contribution < 1.29 is 22.8 Å². The third-order valence-electron chi connectivity index (χ3n) is 3.57. The van der Waals surface area contributed by atoms with Gasteiger partial charge in [0.2, 0.25) is 6.29 Å². The number of hydrogen-bond acceptors (Lipinski definition) is 5. The fourth-order valence-corrected chi connectivity index (χ4v) is 2.39. The van der Waals surface area contributed by atoms with Gasteiger partial charge in [-0.25, -0.2) is 9.97 Å². The van der Waals surface area contributed by atoms with Crippen molar-refractivity contribution in [3.8, 4) is 17.1 Å². The largest absolute Gasteiger partial charge is 0.446 e. The molecule has 0 unspecified atom stereocenters. The molecule has 1 aliphatic heterocycles. The molecule has 140 valence electrons. The van der Waals surface area contributed by atoms with Gasteiger partial charge in [0.25, 0.3) is 5.91 Å². The Labute approximate surface area is 150 Å². The minimum Gasteiger partial charge on any atom is -0.349 e. The van der Waals surface area contributed by atoms with E-state index in [-0.39, 0.29) is 5.91 Å². The van der Waals surface area contributed by atoms with Crippen LogP contribution in [0.15, 0.2) is 43.1 Å². The van der Waals surface area contributed by atoms with Crippen molar-refractivity contribution in [2.45, 2.75) is 12.7 Å². The molecular formula is C16H13F3N6O2. The summed E-state index contributed by atoms with van der Waals surface area (Å²) in [6.07, 6.45) is 1.25. The van der Waals surface area contributed by atoms with Crippen LogP contribution in [0.3, 0.4) is 0 Å². The van der Waals surface area contributed by atoms with Crippen LogP contribution < -0.4 is 5.32 Å². The fourth-order valence-electron chi connectivity index (χ4n) is 2.39. The van der Waals surface area contributed by atoms with Gasteiger partial charge in [0, 0.05) is 30.7 Å². The Morgan fingerprint density at radius 1 is 1.22 bits per heavy atom. The predicted octanol–water partition coefficient (Wildman–Crippen LogP) is 1.62. The van der Waals surface area contributed by atoms with Crippen LogP contribution in [0.1, 0.15) is 10.5 Å². The highest BCUT2D eigenvalue weighted by Crippen LogP contribution is 2.21. The lowest BCUT2D eigenvalue weighted by molar-refractivity contribution is -0.156. The normalized spacial score (nSPS) is 13.2. The fraction of sp³-hybridized carbons (Fsp3) is 0.188. The monoisotopic (exact) mass is 378 g/mol. The first-order valence-electron chi connectivity index (χ1n) is 7.71. The summed E-state index contributed by atoms with van der Waals surface area (Å²) < 4.78 is 34.8. The molecule has 0 aliphatic carbocycles. The van der Waals surface area contributed by atoms with E-state index in [1.807, 2.05) is 29.0 Å². The van der Waals surface area contributed by atoms with Crippen molar-refractivity contribution in [1.82, 2.24) is 29.6 Å². The van der Waals surface area contributed by atoms with Crippen LogP contribution in [0.4, 0.5) is 13.2 Å². The molecule has 8 nitrogen and oxygen atoms in total. The first-order chi connectivity index (χ1) is 12.9. The second-order valence-corrected chi connectivity index (χ2v) is 5.43. The van der Waals surface area contributed by atoms with E-state index in [2.05, 4.69) is 20.4 Å². The van der Waals surface area contributed by atoms with Gasteiger partial charge < -0.3 is 5.32 Å². The number of nitrogens with one attached hydrogen (secondary N) is 1. The first kappa shape index (κ1) is 18.3. The van der Waals surface area contributed by atoms with Gasteiger partial charge in [-0.3, -0.25) is 18.8 Å². The lowest BCUT2D eigenvalue weighted by Gasteiger charge is -2.13. The van der Waals surface area contributed by atoms with Gasteiger partial charge in [0.1, 0.15) is 17.8 Å². The maximum atomic E-state index is 11.8. The van der Waals surface area contributed by atoms with Crippen LogP contribution in [0.5, 0.6) is 0 Å². The lowest BCUT2D eigenvalue weighted by atomic mass is 10.2. The van der Waals surface area contributed by atoms with Gasteiger partial charge in [0.15, 0.2) is 0 Å². The minimum atomic E-state index is -4.64. The standard InChI is InChI=1S/C14H12N6O.C2HF3O/c21-14-12-8-11(18-20(12)6-4-17-14)10-1-2-16-13(7-10)19-5-3-15-9-19;3-2(4,5)1-6/h1-3,5,7-9H,4,6H2,(H,17,21);1H. The molecule has 0 saturated carbocycles. The zero-order valence-corrected chi connectivity index (χ0v) is 13.7. The van der Waals surface area contributed by atoms with Gasteiger partial charge in [-0.15, -0.1) is 0 Å². The van der Waals surface area contributed by atoms with Crippen molar-refractivity contribution in [1.29, 1.82) is 0 Å². The quantitative estimate of drug-likeness (QED) is 0.684. The molecular weight excluding hydrogens is 365 g/mol. The molecule has 0 fully saturated rings. The highest BCUT2D eigenvalue weighted by molar-refractivity contribution is 5.94. The highest BCUT2D eigenvalue weighted by atomic mass is 19.4. The van der Waals surface area contributed by atoms with E-state index in [1.165, 1.54) is 0 Å². The average Bonchev–Trinajstić information content (AvgIpc) is 3.32. The maximum absolute atomic E-state index is 11.8. The predicted molar refractivity (Wildman–Crippen MR) is 87.0 cm³/mol. The van der Waals surface area contributed by atoms with Gasteiger partial charge in [-0.2, -0.15) is 18.3 Å². The number of hydrogen-bond donors (Lipinski definition) is 1. The second kappa shape index (κ2) is 7.40. The number of fused-ring (bicyclic) bond motifs is 1. The van der Waals surface area contributed by atoms with Crippen molar-refractivity contribution >= 4 is 12.2 Å². The van der Waals surface area contributed by atoms with E-state index in [1.54, 1.807) is 23.4 Å². The molecule has 0 aromatic carbocycles. The molecule has 1 N–H and O–H groups in total. The van der Waals surface area contributed by atoms with Gasteiger partial charge in [-0.1, -0.05) is 0 Å². The number of aldehydes is 1. The Hall–Kier alpha value is -3.50. The van der Waals surface area contributed by atoms with Crippen LogP contribution in [-0.4, -0.2) is 49.2 Å².